The SMILES string of the molecule is O=c1c2ccccc2nnn1C1CCN(Cc2ccc(F)cc2)CC1. The first-order chi connectivity index (χ1) is 12.2. The lowest BCUT2D eigenvalue weighted by Gasteiger charge is -2.32. The van der Waals surface area contributed by atoms with Crippen molar-refractivity contribution in [2.45, 2.75) is 25.4 Å². The van der Waals surface area contributed by atoms with Crippen molar-refractivity contribution in [3.05, 3.63) is 70.3 Å². The van der Waals surface area contributed by atoms with Crippen LogP contribution in [0.2, 0.25) is 0 Å². The third-order valence-corrected chi connectivity index (χ3v) is 4.81. The molecule has 1 fully saturated rings. The number of hydrogen-bond acceptors (Lipinski definition) is 4. The Morgan fingerprint density at radius 1 is 1.04 bits per heavy atom. The molecule has 3 aromatic rings. The first-order valence-corrected chi connectivity index (χ1v) is 8.52. The van der Waals surface area contributed by atoms with E-state index in [2.05, 4.69) is 15.2 Å². The average Bonchev–Trinajstić information content (AvgIpc) is 2.65. The maximum absolute atomic E-state index is 13.0. The van der Waals surface area contributed by atoms with Crippen LogP contribution in [0, 0.1) is 5.82 Å². The van der Waals surface area contributed by atoms with Gasteiger partial charge in [-0.05, 0) is 42.7 Å². The molecule has 0 spiro atoms. The molecule has 0 atom stereocenters. The molecule has 5 nitrogen and oxygen atoms in total. The zero-order valence-electron chi connectivity index (χ0n) is 13.8. The van der Waals surface area contributed by atoms with Crippen LogP contribution >= 0.6 is 0 Å². The predicted molar refractivity (Wildman–Crippen MR) is 93.7 cm³/mol. The van der Waals surface area contributed by atoms with Crippen LogP contribution in [0.15, 0.2) is 53.3 Å². The second-order valence-corrected chi connectivity index (χ2v) is 6.49. The van der Waals surface area contributed by atoms with Crippen LogP contribution in [0.3, 0.4) is 0 Å². The summed E-state index contributed by atoms with van der Waals surface area (Å²) in [6.45, 7) is 2.55. The number of rotatable bonds is 3. The smallest absolute Gasteiger partial charge is 0.277 e. The molecule has 25 heavy (non-hydrogen) atoms. The summed E-state index contributed by atoms with van der Waals surface area (Å²) in [4.78, 5) is 15.0. The molecule has 0 unspecified atom stereocenters. The monoisotopic (exact) mass is 338 g/mol. The van der Waals surface area contributed by atoms with Gasteiger partial charge >= 0.3 is 0 Å². The molecular weight excluding hydrogens is 319 g/mol. The van der Waals surface area contributed by atoms with E-state index in [0.717, 1.165) is 38.0 Å². The lowest BCUT2D eigenvalue weighted by molar-refractivity contribution is 0.169. The van der Waals surface area contributed by atoms with Crippen LogP contribution in [0.5, 0.6) is 0 Å². The number of benzene rings is 2. The van der Waals surface area contributed by atoms with Gasteiger partial charge in [0.05, 0.1) is 11.4 Å². The van der Waals surface area contributed by atoms with E-state index in [1.807, 2.05) is 24.3 Å². The van der Waals surface area contributed by atoms with Crippen LogP contribution in [-0.2, 0) is 6.54 Å². The molecule has 2 heterocycles. The number of piperidine rings is 1. The Labute approximate surface area is 144 Å². The van der Waals surface area contributed by atoms with Gasteiger partial charge in [0.2, 0.25) is 0 Å². The minimum absolute atomic E-state index is 0.0671. The molecule has 2 aromatic carbocycles. The largest absolute Gasteiger partial charge is 0.299 e. The Hall–Kier alpha value is -2.60. The molecule has 6 heteroatoms. The van der Waals surface area contributed by atoms with Crippen molar-refractivity contribution in [3.8, 4) is 0 Å². The lowest BCUT2D eigenvalue weighted by Crippen LogP contribution is -2.38. The van der Waals surface area contributed by atoms with Gasteiger partial charge in [0.15, 0.2) is 0 Å². The Bertz CT molecular complexity index is 930. The van der Waals surface area contributed by atoms with E-state index < -0.39 is 0 Å². The average molecular weight is 338 g/mol. The fourth-order valence-electron chi connectivity index (χ4n) is 3.41. The van der Waals surface area contributed by atoms with Gasteiger partial charge in [-0.2, -0.15) is 0 Å². The van der Waals surface area contributed by atoms with E-state index in [-0.39, 0.29) is 17.4 Å². The highest BCUT2D eigenvalue weighted by atomic mass is 19.1. The summed E-state index contributed by atoms with van der Waals surface area (Å²) in [5.41, 5.74) is 1.67. The van der Waals surface area contributed by atoms with E-state index in [4.69, 9.17) is 0 Å². The van der Waals surface area contributed by atoms with Gasteiger partial charge in [0, 0.05) is 19.6 Å². The van der Waals surface area contributed by atoms with Crippen LogP contribution in [0.1, 0.15) is 24.4 Å². The zero-order valence-corrected chi connectivity index (χ0v) is 13.8. The third kappa shape index (κ3) is 3.30. The zero-order chi connectivity index (χ0) is 17.2. The number of halogens is 1. The maximum Gasteiger partial charge on any atom is 0.277 e. The lowest BCUT2D eigenvalue weighted by atomic mass is 10.0. The topological polar surface area (TPSA) is 51.0 Å². The Kier molecular flexibility index (Phi) is 4.28. The van der Waals surface area contributed by atoms with Gasteiger partial charge in [-0.3, -0.25) is 9.69 Å². The Morgan fingerprint density at radius 2 is 1.76 bits per heavy atom. The van der Waals surface area contributed by atoms with Gasteiger partial charge in [-0.25, -0.2) is 9.07 Å². The normalized spacial score (nSPS) is 16.4. The number of aromatic nitrogens is 3. The van der Waals surface area contributed by atoms with Crippen LogP contribution in [0.4, 0.5) is 4.39 Å². The van der Waals surface area contributed by atoms with E-state index in [1.54, 1.807) is 12.1 Å². The van der Waals surface area contributed by atoms with Crippen molar-refractivity contribution in [2.24, 2.45) is 0 Å². The van der Waals surface area contributed by atoms with Crippen molar-refractivity contribution in [1.82, 2.24) is 19.9 Å². The van der Waals surface area contributed by atoms with Gasteiger partial charge in [0.25, 0.3) is 5.56 Å². The van der Waals surface area contributed by atoms with E-state index >= 15 is 0 Å². The van der Waals surface area contributed by atoms with E-state index in [9.17, 15) is 9.18 Å². The van der Waals surface area contributed by atoms with Crippen molar-refractivity contribution in [2.75, 3.05) is 13.1 Å². The van der Waals surface area contributed by atoms with Crippen LogP contribution in [-0.4, -0.2) is 33.0 Å². The van der Waals surface area contributed by atoms with Crippen molar-refractivity contribution in [1.29, 1.82) is 0 Å². The maximum atomic E-state index is 13.0. The molecule has 1 saturated heterocycles. The summed E-state index contributed by atoms with van der Waals surface area (Å²) in [6.07, 6.45) is 1.71. The van der Waals surface area contributed by atoms with E-state index in [1.165, 1.54) is 16.8 Å². The Balaban J connectivity index is 1.46. The molecule has 1 aliphatic rings. The van der Waals surface area contributed by atoms with Crippen molar-refractivity contribution < 1.29 is 4.39 Å². The fourth-order valence-corrected chi connectivity index (χ4v) is 3.41. The molecule has 0 radical (unpaired) electrons. The predicted octanol–water partition coefficient (Wildman–Crippen LogP) is 2.77. The van der Waals surface area contributed by atoms with Crippen LogP contribution in [0.25, 0.3) is 10.9 Å². The summed E-state index contributed by atoms with van der Waals surface area (Å²) in [5, 5.41) is 8.94. The molecule has 1 aromatic heterocycles. The minimum atomic E-state index is -0.211. The molecule has 4 rings (SSSR count). The fraction of sp³-hybridized carbons (Fsp3) is 0.316. The van der Waals surface area contributed by atoms with Gasteiger partial charge in [0.1, 0.15) is 11.3 Å². The molecular formula is C19H19FN4O. The summed E-state index contributed by atoms with van der Waals surface area (Å²) >= 11 is 0. The molecule has 1 aliphatic heterocycles. The number of hydrogen-bond donors (Lipinski definition) is 0. The molecule has 0 bridgehead atoms. The summed E-state index contributed by atoms with van der Waals surface area (Å²) in [6, 6.07) is 14.0. The standard InChI is InChI=1S/C19H19FN4O/c20-15-7-5-14(6-8-15)13-23-11-9-16(10-12-23)24-19(25)17-3-1-2-4-18(17)21-22-24/h1-8,16H,9-13H2. The number of likely N-dealkylation sites (tertiary alicyclic amines) is 1. The second kappa shape index (κ2) is 6.72. The van der Waals surface area contributed by atoms with Crippen molar-refractivity contribution >= 4 is 10.9 Å². The van der Waals surface area contributed by atoms with E-state index in [0.29, 0.717) is 10.9 Å². The highest BCUT2D eigenvalue weighted by molar-refractivity contribution is 5.76. The molecule has 128 valence electrons. The van der Waals surface area contributed by atoms with Gasteiger partial charge < -0.3 is 0 Å². The van der Waals surface area contributed by atoms with Crippen LogP contribution < -0.4 is 5.56 Å². The molecule has 0 saturated carbocycles. The minimum Gasteiger partial charge on any atom is -0.299 e. The number of nitrogens with zero attached hydrogens (tertiary/aromatic N) is 4. The summed E-state index contributed by atoms with van der Waals surface area (Å²) < 4.78 is 14.5. The molecule has 0 amide bonds. The second-order valence-electron chi connectivity index (χ2n) is 6.49. The quantitative estimate of drug-likeness (QED) is 0.737. The highest BCUT2D eigenvalue weighted by Crippen LogP contribution is 2.22. The number of fused-ring (bicyclic) bond motifs is 1. The first kappa shape index (κ1) is 15.9. The Morgan fingerprint density at radius 3 is 2.52 bits per heavy atom. The van der Waals surface area contributed by atoms with Crippen molar-refractivity contribution in [3.63, 3.8) is 0 Å². The first-order valence-electron chi connectivity index (χ1n) is 8.52. The van der Waals surface area contributed by atoms with Gasteiger partial charge in [-0.15, -0.1) is 5.10 Å². The summed E-state index contributed by atoms with van der Waals surface area (Å²) in [5.74, 6) is -0.211. The van der Waals surface area contributed by atoms with Gasteiger partial charge in [-0.1, -0.05) is 29.5 Å². The third-order valence-electron chi connectivity index (χ3n) is 4.81. The molecule has 0 aliphatic carbocycles. The highest BCUT2D eigenvalue weighted by Gasteiger charge is 2.23. The summed E-state index contributed by atoms with van der Waals surface area (Å²) in [7, 11) is 0. The molecule has 0 N–H and O–H groups in total.